The number of hydrogen-bond acceptors (Lipinski definition) is 3. The molecule has 3 heterocycles. The first-order valence-corrected chi connectivity index (χ1v) is 11.5. The summed E-state index contributed by atoms with van der Waals surface area (Å²) >= 11 is 1.71. The smallest absolute Gasteiger partial charge is 0.284 e. The Kier molecular flexibility index (Phi) is 6.05. The van der Waals surface area contributed by atoms with Gasteiger partial charge in [0, 0.05) is 45.7 Å². The number of nitrogens with zero attached hydrogens (tertiary/aromatic N) is 2. The molecule has 7 heteroatoms. The third-order valence-electron chi connectivity index (χ3n) is 5.65. The van der Waals surface area contributed by atoms with E-state index >= 15 is 0 Å². The van der Waals surface area contributed by atoms with Gasteiger partial charge in [0.05, 0.1) is 6.54 Å². The molecule has 2 unspecified atom stereocenters. The molecule has 2 atom stereocenters. The highest BCUT2D eigenvalue weighted by Crippen LogP contribution is 2.45. The number of rotatable bonds is 5. The molecule has 1 aliphatic rings. The molecule has 2 aromatic heterocycles. The number of carbonyl (C=O) groups excluding carboxylic acids is 1. The molecule has 0 saturated carbocycles. The molecule has 0 aliphatic carbocycles. The highest BCUT2D eigenvalue weighted by atomic mass is 32.1. The van der Waals surface area contributed by atoms with Gasteiger partial charge in [-0.15, -0.1) is 11.3 Å². The largest absolute Gasteiger partial charge is 0.333 e. The van der Waals surface area contributed by atoms with Gasteiger partial charge in [0.25, 0.3) is 5.66 Å². The maximum Gasteiger partial charge on any atom is 0.284 e. The molecule has 0 fully saturated rings. The third kappa shape index (κ3) is 4.19. The third-order valence-corrected chi connectivity index (χ3v) is 7.24. The summed E-state index contributed by atoms with van der Waals surface area (Å²) in [6, 6.07) is 11.1. The lowest BCUT2D eigenvalue weighted by Gasteiger charge is -2.33. The van der Waals surface area contributed by atoms with E-state index in [-0.39, 0.29) is 17.4 Å². The Bertz CT molecular complexity index is 1140. The van der Waals surface area contributed by atoms with Crippen molar-refractivity contribution in [3.63, 3.8) is 0 Å². The van der Waals surface area contributed by atoms with E-state index < -0.39 is 5.66 Å². The zero-order chi connectivity index (χ0) is 22.2. The Morgan fingerprint density at radius 3 is 2.81 bits per heavy atom. The lowest BCUT2D eigenvalue weighted by Crippen LogP contribution is -2.37. The number of hydrogen-bond donors (Lipinski definition) is 0. The fourth-order valence-corrected chi connectivity index (χ4v) is 5.60. The summed E-state index contributed by atoms with van der Waals surface area (Å²) in [6.45, 7) is 6.76. The van der Waals surface area contributed by atoms with Crippen molar-refractivity contribution in [2.45, 2.75) is 31.5 Å². The molecule has 3 nitrogen and oxygen atoms in total. The van der Waals surface area contributed by atoms with Gasteiger partial charge in [-0.1, -0.05) is 47.0 Å². The zero-order valence-corrected chi connectivity index (χ0v) is 19.1. The molecular formula is C24H23F2N2OPS. The first-order valence-electron chi connectivity index (χ1n) is 10.1. The van der Waals surface area contributed by atoms with E-state index in [4.69, 9.17) is 0 Å². The van der Waals surface area contributed by atoms with Crippen LogP contribution in [0.3, 0.4) is 0 Å². The van der Waals surface area contributed by atoms with Gasteiger partial charge in [-0.3, -0.25) is 9.78 Å². The Morgan fingerprint density at radius 2 is 2.10 bits per heavy atom. The minimum Gasteiger partial charge on any atom is -0.333 e. The van der Waals surface area contributed by atoms with Crippen LogP contribution in [-0.4, -0.2) is 22.3 Å². The molecule has 3 aromatic rings. The predicted molar refractivity (Wildman–Crippen MR) is 124 cm³/mol. The Balaban J connectivity index is 1.89. The highest BCUT2D eigenvalue weighted by Gasteiger charge is 2.34. The summed E-state index contributed by atoms with van der Waals surface area (Å²) in [6.07, 6.45) is 5.12. The van der Waals surface area contributed by atoms with Gasteiger partial charge in [0.1, 0.15) is 0 Å². The van der Waals surface area contributed by atoms with Gasteiger partial charge >= 0.3 is 0 Å². The minimum atomic E-state index is -3.08. The van der Waals surface area contributed by atoms with Crippen LogP contribution < -0.4 is 0 Å². The molecule has 0 spiro atoms. The minimum absolute atomic E-state index is 0.0884. The number of benzene rings is 1. The van der Waals surface area contributed by atoms with E-state index in [0.29, 0.717) is 24.2 Å². The molecule has 1 amide bonds. The molecule has 1 aliphatic heterocycles. The highest BCUT2D eigenvalue weighted by molar-refractivity contribution is 7.17. The molecular weight excluding hydrogens is 433 g/mol. The average Bonchev–Trinajstić information content (AvgIpc) is 3.20. The first-order chi connectivity index (χ1) is 14.8. The summed E-state index contributed by atoms with van der Waals surface area (Å²) in [5, 5.41) is 0. The maximum atomic E-state index is 14.3. The van der Waals surface area contributed by atoms with Gasteiger partial charge < -0.3 is 4.90 Å². The molecule has 0 N–H and O–H groups in total. The number of thiophene rings is 1. The second-order valence-electron chi connectivity index (χ2n) is 7.55. The van der Waals surface area contributed by atoms with E-state index in [0.717, 1.165) is 16.9 Å². The number of aromatic nitrogens is 1. The van der Waals surface area contributed by atoms with Gasteiger partial charge in [0.2, 0.25) is 5.91 Å². The first kappa shape index (κ1) is 21.8. The molecule has 0 bridgehead atoms. The lowest BCUT2D eigenvalue weighted by atomic mass is 9.83. The summed E-state index contributed by atoms with van der Waals surface area (Å²) in [4.78, 5) is 20.8. The van der Waals surface area contributed by atoms with Crippen LogP contribution in [0.4, 0.5) is 8.78 Å². The molecule has 160 valence electrons. The summed E-state index contributed by atoms with van der Waals surface area (Å²) < 4.78 is 28.7. The fourth-order valence-electron chi connectivity index (χ4n) is 4.16. The number of aryl methyl sites for hydroxylation is 1. The van der Waals surface area contributed by atoms with Crippen molar-refractivity contribution < 1.29 is 13.6 Å². The summed E-state index contributed by atoms with van der Waals surface area (Å²) in [5.74, 6) is -0.246. The number of carbonyl (C=O) groups is 1. The molecule has 4 rings (SSSR count). The van der Waals surface area contributed by atoms with Crippen LogP contribution in [-0.2, 0) is 23.4 Å². The zero-order valence-electron chi connectivity index (χ0n) is 17.1. The number of pyridine rings is 1. The summed E-state index contributed by atoms with van der Waals surface area (Å²) in [5.41, 5.74) is 0.0269. The quantitative estimate of drug-likeness (QED) is 0.351. The standard InChI is InChI=1S/C24H23F2N2OPS/c1-3-15-11-18-20(13-28(23(29)4-2)14-22(18)31-15)17-8-6-5-7-16(17)19-12-27-10-9-21(19)24(25,26)30/h4-12,20H,2-3,13-14,30H2,1H3. The van der Waals surface area contributed by atoms with Crippen molar-refractivity contribution in [2.24, 2.45) is 0 Å². The molecule has 31 heavy (non-hydrogen) atoms. The second-order valence-corrected chi connectivity index (χ2v) is 9.50. The normalized spacial score (nSPS) is 16.1. The van der Waals surface area contributed by atoms with Crippen LogP contribution in [0.1, 0.15) is 39.3 Å². The number of amides is 1. The van der Waals surface area contributed by atoms with Crippen molar-refractivity contribution in [1.29, 1.82) is 0 Å². The van der Waals surface area contributed by atoms with Gasteiger partial charge in [-0.05, 0) is 41.3 Å². The van der Waals surface area contributed by atoms with Gasteiger partial charge in [-0.2, -0.15) is 8.78 Å². The SMILES string of the molecule is C=CC(=O)N1Cc2sc(CC)cc2C(c2ccccc2-c2cnccc2C(F)(F)P)C1. The van der Waals surface area contributed by atoms with E-state index in [1.807, 2.05) is 24.3 Å². The van der Waals surface area contributed by atoms with Crippen LogP contribution in [0, 0.1) is 0 Å². The van der Waals surface area contributed by atoms with E-state index in [1.54, 1.807) is 25.5 Å². The molecule has 0 radical (unpaired) electrons. The van der Waals surface area contributed by atoms with Crippen LogP contribution >= 0.6 is 20.6 Å². The number of fused-ring (bicyclic) bond motifs is 1. The predicted octanol–water partition coefficient (Wildman–Crippen LogP) is 5.96. The lowest BCUT2D eigenvalue weighted by molar-refractivity contribution is -0.127. The van der Waals surface area contributed by atoms with Crippen LogP contribution in [0.25, 0.3) is 11.1 Å². The van der Waals surface area contributed by atoms with E-state index in [2.05, 4.69) is 24.6 Å². The van der Waals surface area contributed by atoms with Crippen molar-refractivity contribution in [2.75, 3.05) is 6.54 Å². The monoisotopic (exact) mass is 456 g/mol. The van der Waals surface area contributed by atoms with Crippen molar-refractivity contribution in [1.82, 2.24) is 9.88 Å². The van der Waals surface area contributed by atoms with Crippen molar-refractivity contribution in [3.8, 4) is 11.1 Å². The maximum absolute atomic E-state index is 14.3. The van der Waals surface area contributed by atoms with Crippen molar-refractivity contribution in [3.05, 3.63) is 87.9 Å². The van der Waals surface area contributed by atoms with Crippen LogP contribution in [0.15, 0.2) is 61.4 Å². The fraction of sp³-hybridized carbons (Fsp3) is 0.250. The average molecular weight is 456 g/mol. The summed E-state index contributed by atoms with van der Waals surface area (Å²) in [7, 11) is 1.62. The number of alkyl halides is 2. The van der Waals surface area contributed by atoms with E-state index in [9.17, 15) is 13.6 Å². The second kappa shape index (κ2) is 8.60. The Labute approximate surface area is 187 Å². The van der Waals surface area contributed by atoms with Crippen LogP contribution in [0.2, 0.25) is 0 Å². The molecule has 1 aromatic carbocycles. The molecule has 0 saturated heterocycles. The Hall–Kier alpha value is -2.43. The number of halogens is 2. The van der Waals surface area contributed by atoms with Gasteiger partial charge in [-0.25, -0.2) is 0 Å². The topological polar surface area (TPSA) is 33.2 Å². The van der Waals surface area contributed by atoms with Crippen LogP contribution in [0.5, 0.6) is 0 Å². The van der Waals surface area contributed by atoms with E-state index in [1.165, 1.54) is 35.0 Å². The Morgan fingerprint density at radius 1 is 1.32 bits per heavy atom. The van der Waals surface area contributed by atoms with Crippen molar-refractivity contribution >= 4 is 26.5 Å². The van der Waals surface area contributed by atoms with Gasteiger partial charge in [0.15, 0.2) is 0 Å².